The number of benzene rings is 2. The van der Waals surface area contributed by atoms with Gasteiger partial charge in [0.25, 0.3) is 0 Å². The molecule has 3 rings (SSSR count). The third-order valence-electron chi connectivity index (χ3n) is 4.60. The number of amides is 2. The highest BCUT2D eigenvalue weighted by Gasteiger charge is 2.26. The summed E-state index contributed by atoms with van der Waals surface area (Å²) in [5.74, 6) is -0.946. The first-order valence-electron chi connectivity index (χ1n) is 8.90. The van der Waals surface area contributed by atoms with Crippen LogP contribution in [0.25, 0.3) is 0 Å². The van der Waals surface area contributed by atoms with Gasteiger partial charge in [0.15, 0.2) is 0 Å². The molecule has 0 aliphatic heterocycles. The van der Waals surface area contributed by atoms with Gasteiger partial charge in [0.1, 0.15) is 0 Å². The normalized spacial score (nSPS) is 14.2. The topological polar surface area (TPSA) is 49.4 Å². The van der Waals surface area contributed by atoms with Gasteiger partial charge in [0, 0.05) is 19.1 Å². The van der Waals surface area contributed by atoms with E-state index < -0.39 is 11.8 Å². The standard InChI is InChI=1S/C21H24N2O2/c24-20(22-19-13-7-8-14-19)21(25)23(15-17-9-3-1-4-10-17)16-18-11-5-2-6-12-18/h1-6,9-12,19H,7-8,13-16H2,(H,22,24). The molecule has 0 aromatic heterocycles. The molecular weight excluding hydrogens is 312 g/mol. The van der Waals surface area contributed by atoms with E-state index >= 15 is 0 Å². The van der Waals surface area contributed by atoms with Crippen molar-refractivity contribution in [2.75, 3.05) is 0 Å². The maximum Gasteiger partial charge on any atom is 0.312 e. The predicted octanol–water partition coefficient (Wildman–Crippen LogP) is 3.27. The minimum Gasteiger partial charge on any atom is -0.345 e. The second kappa shape index (κ2) is 8.47. The lowest BCUT2D eigenvalue weighted by Crippen LogP contribution is -2.45. The summed E-state index contributed by atoms with van der Waals surface area (Å²) < 4.78 is 0. The van der Waals surface area contributed by atoms with Gasteiger partial charge in [-0.1, -0.05) is 73.5 Å². The van der Waals surface area contributed by atoms with Crippen LogP contribution in [-0.4, -0.2) is 22.8 Å². The summed E-state index contributed by atoms with van der Waals surface area (Å²) in [5, 5.41) is 2.90. The first-order valence-corrected chi connectivity index (χ1v) is 8.90. The van der Waals surface area contributed by atoms with Crippen molar-refractivity contribution in [2.24, 2.45) is 0 Å². The zero-order chi connectivity index (χ0) is 17.5. The molecule has 130 valence electrons. The van der Waals surface area contributed by atoms with Crippen LogP contribution < -0.4 is 5.32 Å². The van der Waals surface area contributed by atoms with E-state index in [1.165, 1.54) is 0 Å². The first-order chi connectivity index (χ1) is 12.2. The van der Waals surface area contributed by atoms with E-state index in [9.17, 15) is 9.59 Å². The zero-order valence-corrected chi connectivity index (χ0v) is 14.4. The zero-order valence-electron chi connectivity index (χ0n) is 14.4. The molecule has 2 amide bonds. The average Bonchev–Trinajstić information content (AvgIpc) is 3.15. The second-order valence-electron chi connectivity index (χ2n) is 6.59. The van der Waals surface area contributed by atoms with Crippen LogP contribution in [0.3, 0.4) is 0 Å². The summed E-state index contributed by atoms with van der Waals surface area (Å²) in [6, 6.07) is 19.7. The van der Waals surface area contributed by atoms with Gasteiger partial charge in [-0.05, 0) is 24.0 Å². The Balaban J connectivity index is 1.72. The Labute approximate surface area is 148 Å². The predicted molar refractivity (Wildman–Crippen MR) is 97.5 cm³/mol. The van der Waals surface area contributed by atoms with Crippen LogP contribution in [0.15, 0.2) is 60.7 Å². The average molecular weight is 336 g/mol. The maximum atomic E-state index is 12.8. The number of nitrogens with one attached hydrogen (secondary N) is 1. The van der Waals surface area contributed by atoms with E-state index in [-0.39, 0.29) is 6.04 Å². The third-order valence-corrected chi connectivity index (χ3v) is 4.60. The van der Waals surface area contributed by atoms with E-state index in [1.807, 2.05) is 60.7 Å². The van der Waals surface area contributed by atoms with E-state index in [4.69, 9.17) is 0 Å². The maximum absolute atomic E-state index is 12.8. The van der Waals surface area contributed by atoms with Crippen LogP contribution in [0.4, 0.5) is 0 Å². The molecule has 0 heterocycles. The van der Waals surface area contributed by atoms with Gasteiger partial charge >= 0.3 is 11.8 Å². The largest absolute Gasteiger partial charge is 0.345 e. The summed E-state index contributed by atoms with van der Waals surface area (Å²) in [7, 11) is 0. The molecule has 2 aromatic carbocycles. The van der Waals surface area contributed by atoms with Gasteiger partial charge in [0.2, 0.25) is 0 Å². The number of hydrogen-bond acceptors (Lipinski definition) is 2. The molecule has 0 atom stereocenters. The van der Waals surface area contributed by atoms with Gasteiger partial charge in [-0.25, -0.2) is 0 Å². The SMILES string of the molecule is O=C(NC1CCCC1)C(=O)N(Cc1ccccc1)Cc1ccccc1. The molecule has 0 bridgehead atoms. The number of carbonyl (C=O) groups excluding carboxylic acids is 2. The van der Waals surface area contributed by atoms with Crippen molar-refractivity contribution in [1.82, 2.24) is 10.2 Å². The van der Waals surface area contributed by atoms with Gasteiger partial charge in [-0.15, -0.1) is 0 Å². The smallest absolute Gasteiger partial charge is 0.312 e. The number of carbonyl (C=O) groups is 2. The van der Waals surface area contributed by atoms with Gasteiger partial charge in [-0.3, -0.25) is 9.59 Å². The molecule has 1 aliphatic carbocycles. The lowest BCUT2D eigenvalue weighted by atomic mass is 10.1. The Morgan fingerprint density at radius 1 is 0.840 bits per heavy atom. The van der Waals surface area contributed by atoms with Crippen LogP contribution in [0.2, 0.25) is 0 Å². The Hall–Kier alpha value is -2.62. The van der Waals surface area contributed by atoms with Gasteiger partial charge < -0.3 is 10.2 Å². The highest BCUT2D eigenvalue weighted by molar-refractivity contribution is 6.35. The molecule has 2 aromatic rings. The molecule has 1 saturated carbocycles. The molecule has 0 unspecified atom stereocenters. The van der Waals surface area contributed by atoms with Crippen LogP contribution >= 0.6 is 0 Å². The Morgan fingerprint density at radius 3 is 1.80 bits per heavy atom. The first kappa shape index (κ1) is 17.2. The van der Waals surface area contributed by atoms with E-state index in [2.05, 4.69) is 5.32 Å². The van der Waals surface area contributed by atoms with Crippen molar-refractivity contribution in [3.63, 3.8) is 0 Å². The number of rotatable bonds is 5. The number of hydrogen-bond donors (Lipinski definition) is 1. The molecule has 0 saturated heterocycles. The van der Waals surface area contributed by atoms with Crippen molar-refractivity contribution < 1.29 is 9.59 Å². The summed E-state index contributed by atoms with van der Waals surface area (Å²) in [6.45, 7) is 0.847. The highest BCUT2D eigenvalue weighted by Crippen LogP contribution is 2.18. The van der Waals surface area contributed by atoms with Crippen molar-refractivity contribution in [1.29, 1.82) is 0 Å². The Bertz CT molecular complexity index is 653. The minimum absolute atomic E-state index is 0.145. The molecule has 1 aliphatic rings. The lowest BCUT2D eigenvalue weighted by molar-refractivity contribution is -0.147. The lowest BCUT2D eigenvalue weighted by Gasteiger charge is -2.23. The summed E-state index contributed by atoms with van der Waals surface area (Å²) in [5.41, 5.74) is 2.03. The second-order valence-corrected chi connectivity index (χ2v) is 6.59. The summed E-state index contributed by atoms with van der Waals surface area (Å²) >= 11 is 0. The Morgan fingerprint density at radius 2 is 1.32 bits per heavy atom. The molecule has 1 fully saturated rings. The monoisotopic (exact) mass is 336 g/mol. The van der Waals surface area contributed by atoms with Crippen molar-refractivity contribution in [2.45, 2.75) is 44.8 Å². The van der Waals surface area contributed by atoms with Crippen molar-refractivity contribution in [3.05, 3.63) is 71.8 Å². The highest BCUT2D eigenvalue weighted by atomic mass is 16.2. The molecular formula is C21H24N2O2. The van der Waals surface area contributed by atoms with Crippen LogP contribution in [0, 0.1) is 0 Å². The quantitative estimate of drug-likeness (QED) is 0.852. The van der Waals surface area contributed by atoms with Gasteiger partial charge in [0.05, 0.1) is 0 Å². The molecule has 0 spiro atoms. The molecule has 4 nitrogen and oxygen atoms in total. The van der Waals surface area contributed by atoms with E-state index in [0.29, 0.717) is 13.1 Å². The fraction of sp³-hybridized carbons (Fsp3) is 0.333. The molecule has 25 heavy (non-hydrogen) atoms. The minimum atomic E-state index is -0.487. The van der Waals surface area contributed by atoms with Gasteiger partial charge in [-0.2, -0.15) is 0 Å². The van der Waals surface area contributed by atoms with E-state index in [1.54, 1.807) is 4.90 Å². The molecule has 4 heteroatoms. The van der Waals surface area contributed by atoms with Crippen LogP contribution in [0.1, 0.15) is 36.8 Å². The summed E-state index contributed by atoms with van der Waals surface area (Å²) in [6.07, 6.45) is 4.18. The Kier molecular flexibility index (Phi) is 5.83. The van der Waals surface area contributed by atoms with Crippen LogP contribution in [-0.2, 0) is 22.7 Å². The van der Waals surface area contributed by atoms with E-state index in [0.717, 1.165) is 36.8 Å². The fourth-order valence-electron chi connectivity index (χ4n) is 3.27. The summed E-state index contributed by atoms with van der Waals surface area (Å²) in [4.78, 5) is 26.8. The number of nitrogens with zero attached hydrogens (tertiary/aromatic N) is 1. The fourth-order valence-corrected chi connectivity index (χ4v) is 3.27. The van der Waals surface area contributed by atoms with Crippen molar-refractivity contribution >= 4 is 11.8 Å². The van der Waals surface area contributed by atoms with Crippen molar-refractivity contribution in [3.8, 4) is 0 Å². The molecule has 0 radical (unpaired) electrons. The third kappa shape index (κ3) is 4.92. The molecule has 1 N–H and O–H groups in total. The van der Waals surface area contributed by atoms with Crippen LogP contribution in [0.5, 0.6) is 0 Å².